The standard InChI is InChI=1S/C10H17N3O5/c1-3-9(15)17-7(5-12-13-11)8(6-14)18-10(16)4-2/h7-8,14H,3-6H2,1-2H3/t7-,8-/m0/s1. The van der Waals surface area contributed by atoms with Crippen LogP contribution in [0.25, 0.3) is 10.4 Å². The predicted molar refractivity (Wildman–Crippen MR) is 61.4 cm³/mol. The molecule has 18 heavy (non-hydrogen) atoms. The van der Waals surface area contributed by atoms with E-state index in [4.69, 9.17) is 20.1 Å². The first-order valence-electron chi connectivity index (χ1n) is 5.59. The third-order valence-corrected chi connectivity index (χ3v) is 2.06. The van der Waals surface area contributed by atoms with E-state index in [0.717, 1.165) is 0 Å². The summed E-state index contributed by atoms with van der Waals surface area (Å²) in [4.78, 5) is 24.9. The lowest BCUT2D eigenvalue weighted by Gasteiger charge is -2.24. The third kappa shape index (κ3) is 6.07. The minimum absolute atomic E-state index is 0.131. The van der Waals surface area contributed by atoms with Gasteiger partial charge in [0.2, 0.25) is 0 Å². The number of carbonyl (C=O) groups excluding carboxylic acids is 2. The fraction of sp³-hybridized carbons (Fsp3) is 0.800. The second kappa shape index (κ2) is 9.26. The van der Waals surface area contributed by atoms with Crippen LogP contribution in [-0.2, 0) is 19.1 Å². The van der Waals surface area contributed by atoms with Gasteiger partial charge in [0.1, 0.15) is 6.10 Å². The summed E-state index contributed by atoms with van der Waals surface area (Å²) in [6, 6.07) is 0. The van der Waals surface area contributed by atoms with Crippen molar-refractivity contribution in [2.75, 3.05) is 13.2 Å². The average Bonchev–Trinajstić information content (AvgIpc) is 2.40. The Labute approximate surface area is 105 Å². The number of azide groups is 1. The lowest BCUT2D eigenvalue weighted by atomic mass is 10.2. The summed E-state index contributed by atoms with van der Waals surface area (Å²) >= 11 is 0. The molecule has 0 aromatic carbocycles. The molecule has 0 aromatic heterocycles. The highest BCUT2D eigenvalue weighted by atomic mass is 16.6. The number of esters is 2. The lowest BCUT2D eigenvalue weighted by Crippen LogP contribution is -2.39. The van der Waals surface area contributed by atoms with Crippen molar-refractivity contribution >= 4 is 11.9 Å². The molecular weight excluding hydrogens is 242 g/mol. The van der Waals surface area contributed by atoms with Gasteiger partial charge in [0.25, 0.3) is 0 Å². The van der Waals surface area contributed by atoms with Crippen LogP contribution in [-0.4, -0.2) is 42.4 Å². The Morgan fingerprint density at radius 2 is 1.72 bits per heavy atom. The maximum absolute atomic E-state index is 11.2. The van der Waals surface area contributed by atoms with E-state index in [0.29, 0.717) is 0 Å². The zero-order valence-corrected chi connectivity index (χ0v) is 10.4. The normalized spacial score (nSPS) is 13.1. The number of hydrogen-bond acceptors (Lipinski definition) is 6. The number of aliphatic hydroxyl groups is 1. The van der Waals surface area contributed by atoms with Gasteiger partial charge < -0.3 is 14.6 Å². The van der Waals surface area contributed by atoms with E-state index >= 15 is 0 Å². The van der Waals surface area contributed by atoms with Gasteiger partial charge in [0, 0.05) is 17.8 Å². The van der Waals surface area contributed by atoms with Crippen LogP contribution in [0.4, 0.5) is 0 Å². The number of carbonyl (C=O) groups is 2. The van der Waals surface area contributed by atoms with E-state index in [1.54, 1.807) is 13.8 Å². The molecule has 8 nitrogen and oxygen atoms in total. The summed E-state index contributed by atoms with van der Waals surface area (Å²) in [5.41, 5.74) is 8.24. The second-order valence-electron chi connectivity index (χ2n) is 3.36. The first-order chi connectivity index (χ1) is 8.58. The zero-order chi connectivity index (χ0) is 14.0. The Morgan fingerprint density at radius 1 is 1.22 bits per heavy atom. The summed E-state index contributed by atoms with van der Waals surface area (Å²) in [6.45, 7) is 2.47. The number of ether oxygens (including phenoxy) is 2. The molecule has 0 heterocycles. The summed E-state index contributed by atoms with van der Waals surface area (Å²) in [7, 11) is 0. The number of aliphatic hydroxyl groups excluding tert-OH is 1. The molecule has 0 spiro atoms. The summed E-state index contributed by atoms with van der Waals surface area (Å²) in [6.07, 6.45) is -1.74. The van der Waals surface area contributed by atoms with Gasteiger partial charge in [-0.3, -0.25) is 9.59 Å². The quantitative estimate of drug-likeness (QED) is 0.301. The minimum Gasteiger partial charge on any atom is -0.458 e. The maximum atomic E-state index is 11.2. The van der Waals surface area contributed by atoms with E-state index in [1.807, 2.05) is 0 Å². The van der Waals surface area contributed by atoms with Crippen molar-refractivity contribution in [1.82, 2.24) is 0 Å². The van der Waals surface area contributed by atoms with Gasteiger partial charge in [-0.05, 0) is 5.53 Å². The summed E-state index contributed by atoms with van der Waals surface area (Å²) in [5.74, 6) is -1.06. The number of hydrogen-bond donors (Lipinski definition) is 1. The first-order valence-corrected chi connectivity index (χ1v) is 5.59. The Morgan fingerprint density at radius 3 is 2.11 bits per heavy atom. The van der Waals surface area contributed by atoms with E-state index < -0.39 is 30.8 Å². The molecule has 0 aliphatic heterocycles. The average molecular weight is 259 g/mol. The Hall–Kier alpha value is -1.79. The highest BCUT2D eigenvalue weighted by molar-refractivity contribution is 5.70. The van der Waals surface area contributed by atoms with Gasteiger partial charge in [-0.2, -0.15) is 0 Å². The third-order valence-electron chi connectivity index (χ3n) is 2.06. The van der Waals surface area contributed by atoms with Crippen molar-refractivity contribution in [3.63, 3.8) is 0 Å². The lowest BCUT2D eigenvalue weighted by molar-refractivity contribution is -0.169. The van der Waals surface area contributed by atoms with Gasteiger partial charge in [-0.1, -0.05) is 19.0 Å². The van der Waals surface area contributed by atoms with Crippen LogP contribution in [0, 0.1) is 0 Å². The van der Waals surface area contributed by atoms with Crippen molar-refractivity contribution in [3.8, 4) is 0 Å². The molecule has 102 valence electrons. The van der Waals surface area contributed by atoms with Crippen LogP contribution >= 0.6 is 0 Å². The van der Waals surface area contributed by atoms with Crippen LogP contribution in [0.15, 0.2) is 5.11 Å². The molecule has 0 unspecified atom stereocenters. The molecule has 0 saturated heterocycles. The van der Waals surface area contributed by atoms with Crippen molar-refractivity contribution in [1.29, 1.82) is 0 Å². The highest BCUT2D eigenvalue weighted by Gasteiger charge is 2.27. The number of nitrogens with zero attached hydrogens (tertiary/aromatic N) is 3. The van der Waals surface area contributed by atoms with Gasteiger partial charge in [-0.25, -0.2) is 0 Å². The van der Waals surface area contributed by atoms with Crippen LogP contribution in [0.1, 0.15) is 26.7 Å². The molecular formula is C10H17N3O5. The molecule has 0 amide bonds. The van der Waals surface area contributed by atoms with Crippen LogP contribution in [0.3, 0.4) is 0 Å². The minimum atomic E-state index is -1.03. The smallest absolute Gasteiger partial charge is 0.305 e. The molecule has 0 bridgehead atoms. The second-order valence-corrected chi connectivity index (χ2v) is 3.36. The molecule has 0 aromatic rings. The fourth-order valence-electron chi connectivity index (χ4n) is 1.08. The van der Waals surface area contributed by atoms with E-state index in [1.165, 1.54) is 0 Å². The van der Waals surface area contributed by atoms with E-state index in [2.05, 4.69) is 10.0 Å². The number of rotatable bonds is 8. The predicted octanol–water partition coefficient (Wildman–Crippen LogP) is 0.933. The van der Waals surface area contributed by atoms with Crippen molar-refractivity contribution in [2.24, 2.45) is 5.11 Å². The zero-order valence-electron chi connectivity index (χ0n) is 10.4. The molecule has 0 aliphatic carbocycles. The molecule has 0 fully saturated rings. The SMILES string of the molecule is CCC(=O)O[C@@H](CO)[C@H](CN=[N+]=[N-])OC(=O)CC. The molecule has 2 atom stereocenters. The van der Waals surface area contributed by atoms with Gasteiger partial charge in [-0.15, -0.1) is 0 Å². The molecule has 0 rings (SSSR count). The van der Waals surface area contributed by atoms with Gasteiger partial charge >= 0.3 is 11.9 Å². The Balaban J connectivity index is 4.70. The maximum Gasteiger partial charge on any atom is 0.305 e. The van der Waals surface area contributed by atoms with E-state index in [9.17, 15) is 9.59 Å². The monoisotopic (exact) mass is 259 g/mol. The van der Waals surface area contributed by atoms with Crippen molar-refractivity contribution in [2.45, 2.75) is 38.9 Å². The molecule has 0 radical (unpaired) electrons. The van der Waals surface area contributed by atoms with Crippen LogP contribution < -0.4 is 0 Å². The van der Waals surface area contributed by atoms with Crippen molar-refractivity contribution in [3.05, 3.63) is 10.4 Å². The molecule has 1 N–H and O–H groups in total. The Bertz CT molecular complexity index is 327. The van der Waals surface area contributed by atoms with Crippen molar-refractivity contribution < 1.29 is 24.2 Å². The molecule has 8 heteroatoms. The first kappa shape index (κ1) is 16.2. The summed E-state index contributed by atoms with van der Waals surface area (Å²) < 4.78 is 9.86. The molecule has 0 aliphatic rings. The Kier molecular flexibility index (Phi) is 8.34. The van der Waals surface area contributed by atoms with Crippen LogP contribution in [0.2, 0.25) is 0 Å². The van der Waals surface area contributed by atoms with Crippen LogP contribution in [0.5, 0.6) is 0 Å². The molecule has 0 saturated carbocycles. The van der Waals surface area contributed by atoms with E-state index in [-0.39, 0.29) is 19.4 Å². The van der Waals surface area contributed by atoms with Gasteiger partial charge in [0.15, 0.2) is 6.10 Å². The largest absolute Gasteiger partial charge is 0.458 e. The highest BCUT2D eigenvalue weighted by Crippen LogP contribution is 2.08. The fourth-order valence-corrected chi connectivity index (χ4v) is 1.08. The van der Waals surface area contributed by atoms with Gasteiger partial charge in [0.05, 0.1) is 13.2 Å². The summed E-state index contributed by atoms with van der Waals surface area (Å²) in [5, 5.41) is 12.4. The topological polar surface area (TPSA) is 122 Å².